The summed E-state index contributed by atoms with van der Waals surface area (Å²) in [4.78, 5) is 14.4. The van der Waals surface area contributed by atoms with Gasteiger partial charge in [0.25, 0.3) is 0 Å². The van der Waals surface area contributed by atoms with E-state index in [2.05, 4.69) is 4.98 Å². The number of rotatable bonds is 5. The van der Waals surface area contributed by atoms with Gasteiger partial charge in [-0.1, -0.05) is 0 Å². The minimum Gasteiger partial charge on any atom is -0.496 e. The zero-order valence-electron chi connectivity index (χ0n) is 9.01. The molecular weight excluding hydrogens is 214 g/mol. The fourth-order valence-corrected chi connectivity index (χ4v) is 1.35. The normalized spacial score (nSPS) is 11.9. The van der Waals surface area contributed by atoms with Gasteiger partial charge in [0.1, 0.15) is 5.75 Å². The van der Waals surface area contributed by atoms with E-state index in [9.17, 15) is 9.90 Å². The van der Waals surface area contributed by atoms with Crippen LogP contribution in [0.1, 0.15) is 18.1 Å². The van der Waals surface area contributed by atoms with Gasteiger partial charge in [0.2, 0.25) is 5.88 Å². The van der Waals surface area contributed by atoms with Crippen molar-refractivity contribution in [3.63, 3.8) is 0 Å². The number of carboxylic acids is 1. The second kappa shape index (κ2) is 5.32. The molecule has 1 rings (SSSR count). The third-order valence-electron chi connectivity index (χ3n) is 2.03. The summed E-state index contributed by atoms with van der Waals surface area (Å²) in [6.07, 6.45) is -0.191. The van der Waals surface area contributed by atoms with Crippen LogP contribution in [-0.2, 0) is 4.79 Å². The van der Waals surface area contributed by atoms with Crippen molar-refractivity contribution >= 4 is 5.97 Å². The predicted molar refractivity (Wildman–Crippen MR) is 54.6 cm³/mol. The molecule has 0 saturated carbocycles. The summed E-state index contributed by atoms with van der Waals surface area (Å²) >= 11 is 0. The zero-order valence-corrected chi connectivity index (χ0v) is 9.01. The molecule has 0 aromatic carbocycles. The van der Waals surface area contributed by atoms with Crippen LogP contribution in [0.25, 0.3) is 0 Å². The Kier molecular flexibility index (Phi) is 4.07. The highest BCUT2D eigenvalue weighted by Crippen LogP contribution is 2.33. The average Bonchev–Trinajstić information content (AvgIpc) is 2.26. The van der Waals surface area contributed by atoms with Gasteiger partial charge < -0.3 is 19.7 Å². The first kappa shape index (κ1) is 12.3. The number of carboxylic acid groups (broad SMARTS) is 1. The Morgan fingerprint density at radius 1 is 1.50 bits per heavy atom. The smallest absolute Gasteiger partial charge is 0.306 e. The number of aliphatic hydroxyl groups is 1. The van der Waals surface area contributed by atoms with Crippen molar-refractivity contribution in [1.29, 1.82) is 0 Å². The number of hydrogen-bond donors (Lipinski definition) is 2. The van der Waals surface area contributed by atoms with Crippen LogP contribution in [0.5, 0.6) is 11.6 Å². The standard InChI is InChI=1S/C10H13NO5/c1-15-7-3-4-11-10(16-2)9(7)6(12)5-8(13)14/h3-4,6,12H,5H2,1-2H3,(H,13,14)/t6-/m0/s1. The maximum absolute atomic E-state index is 10.5. The van der Waals surface area contributed by atoms with Crippen molar-refractivity contribution in [2.45, 2.75) is 12.5 Å². The van der Waals surface area contributed by atoms with Crippen molar-refractivity contribution in [2.75, 3.05) is 14.2 Å². The maximum Gasteiger partial charge on any atom is 0.306 e. The number of nitrogens with zero attached hydrogens (tertiary/aromatic N) is 1. The highest BCUT2D eigenvalue weighted by molar-refractivity contribution is 5.68. The van der Waals surface area contributed by atoms with Crippen LogP contribution < -0.4 is 9.47 Å². The SMILES string of the molecule is COc1ccnc(OC)c1[C@@H](O)CC(=O)O. The Balaban J connectivity index is 3.12. The molecule has 6 nitrogen and oxygen atoms in total. The van der Waals surface area contributed by atoms with Gasteiger partial charge in [-0.25, -0.2) is 4.98 Å². The molecular formula is C10H13NO5. The second-order valence-electron chi connectivity index (χ2n) is 3.05. The lowest BCUT2D eigenvalue weighted by Crippen LogP contribution is -2.09. The van der Waals surface area contributed by atoms with E-state index in [0.29, 0.717) is 5.75 Å². The Morgan fingerprint density at radius 3 is 2.69 bits per heavy atom. The van der Waals surface area contributed by atoms with Gasteiger partial charge in [-0.3, -0.25) is 4.79 Å². The van der Waals surface area contributed by atoms with E-state index in [0.717, 1.165) is 0 Å². The van der Waals surface area contributed by atoms with E-state index in [1.54, 1.807) is 0 Å². The largest absolute Gasteiger partial charge is 0.496 e. The molecule has 1 atom stereocenters. The third kappa shape index (κ3) is 2.60. The maximum atomic E-state index is 10.5. The molecule has 1 aromatic rings. The number of hydrogen-bond acceptors (Lipinski definition) is 5. The van der Waals surface area contributed by atoms with E-state index < -0.39 is 18.5 Å². The van der Waals surface area contributed by atoms with E-state index in [1.165, 1.54) is 26.5 Å². The number of ether oxygens (including phenoxy) is 2. The molecule has 6 heteroatoms. The molecule has 0 aliphatic rings. The van der Waals surface area contributed by atoms with Gasteiger partial charge in [0, 0.05) is 6.20 Å². The van der Waals surface area contributed by atoms with Crippen LogP contribution in [-0.4, -0.2) is 35.4 Å². The molecule has 0 fully saturated rings. The fourth-order valence-electron chi connectivity index (χ4n) is 1.35. The van der Waals surface area contributed by atoms with Crippen molar-refractivity contribution < 1.29 is 24.5 Å². The number of aliphatic hydroxyl groups excluding tert-OH is 1. The molecule has 88 valence electrons. The molecule has 0 unspecified atom stereocenters. The van der Waals surface area contributed by atoms with Crippen LogP contribution in [0.3, 0.4) is 0 Å². The molecule has 0 bridgehead atoms. The molecule has 16 heavy (non-hydrogen) atoms. The number of methoxy groups -OCH3 is 2. The van der Waals surface area contributed by atoms with Crippen molar-refractivity contribution in [3.05, 3.63) is 17.8 Å². The molecule has 0 amide bonds. The van der Waals surface area contributed by atoms with Gasteiger partial charge in [-0.15, -0.1) is 0 Å². The van der Waals surface area contributed by atoms with Crippen LogP contribution in [0.2, 0.25) is 0 Å². The quantitative estimate of drug-likeness (QED) is 0.766. The number of aromatic nitrogens is 1. The predicted octanol–water partition coefficient (Wildman–Crippen LogP) is 0.607. The highest BCUT2D eigenvalue weighted by Gasteiger charge is 2.22. The number of aliphatic carboxylic acids is 1. The van der Waals surface area contributed by atoms with E-state index >= 15 is 0 Å². The summed E-state index contributed by atoms with van der Waals surface area (Å²) < 4.78 is 9.96. The Hall–Kier alpha value is -1.82. The van der Waals surface area contributed by atoms with Gasteiger partial charge in [0.15, 0.2) is 0 Å². The van der Waals surface area contributed by atoms with Crippen LogP contribution in [0.4, 0.5) is 0 Å². The second-order valence-corrected chi connectivity index (χ2v) is 3.05. The Bertz CT molecular complexity index is 357. The minimum absolute atomic E-state index is 0.160. The first-order valence-corrected chi connectivity index (χ1v) is 4.56. The lowest BCUT2D eigenvalue weighted by atomic mass is 10.1. The molecule has 0 spiro atoms. The van der Waals surface area contributed by atoms with Gasteiger partial charge in [0.05, 0.1) is 32.3 Å². The molecule has 0 radical (unpaired) electrons. The Labute approximate surface area is 92.5 Å². The van der Waals surface area contributed by atoms with Gasteiger partial charge >= 0.3 is 5.97 Å². The van der Waals surface area contributed by atoms with Gasteiger partial charge in [-0.2, -0.15) is 0 Å². The summed E-state index contributed by atoms with van der Waals surface area (Å²) in [5, 5.41) is 18.3. The molecule has 1 heterocycles. The lowest BCUT2D eigenvalue weighted by Gasteiger charge is -2.15. The summed E-state index contributed by atoms with van der Waals surface area (Å²) in [5.74, 6) is -0.603. The van der Waals surface area contributed by atoms with E-state index in [-0.39, 0.29) is 11.4 Å². The zero-order chi connectivity index (χ0) is 12.1. The first-order valence-electron chi connectivity index (χ1n) is 4.56. The minimum atomic E-state index is -1.21. The monoisotopic (exact) mass is 227 g/mol. The van der Waals surface area contributed by atoms with E-state index in [1.807, 2.05) is 0 Å². The molecule has 0 aliphatic heterocycles. The molecule has 0 aliphatic carbocycles. The topological polar surface area (TPSA) is 88.9 Å². The highest BCUT2D eigenvalue weighted by atomic mass is 16.5. The van der Waals surface area contributed by atoms with Gasteiger partial charge in [-0.05, 0) is 6.07 Å². The molecule has 0 saturated heterocycles. The summed E-state index contributed by atoms with van der Waals surface area (Å²) in [5.41, 5.74) is 0.245. The summed E-state index contributed by atoms with van der Waals surface area (Å²) in [6, 6.07) is 1.53. The van der Waals surface area contributed by atoms with Crippen molar-refractivity contribution in [2.24, 2.45) is 0 Å². The van der Waals surface area contributed by atoms with Crippen LogP contribution in [0, 0.1) is 0 Å². The Morgan fingerprint density at radius 2 is 2.19 bits per heavy atom. The van der Waals surface area contributed by atoms with E-state index in [4.69, 9.17) is 14.6 Å². The first-order chi connectivity index (χ1) is 7.60. The van der Waals surface area contributed by atoms with Crippen molar-refractivity contribution in [3.8, 4) is 11.6 Å². The number of carbonyl (C=O) groups is 1. The molecule has 1 aromatic heterocycles. The van der Waals surface area contributed by atoms with Crippen LogP contribution in [0.15, 0.2) is 12.3 Å². The number of pyridine rings is 1. The average molecular weight is 227 g/mol. The summed E-state index contributed by atoms with van der Waals surface area (Å²) in [7, 11) is 2.81. The lowest BCUT2D eigenvalue weighted by molar-refractivity contribution is -0.139. The third-order valence-corrected chi connectivity index (χ3v) is 2.03. The fraction of sp³-hybridized carbons (Fsp3) is 0.400. The van der Waals surface area contributed by atoms with Crippen molar-refractivity contribution in [1.82, 2.24) is 4.98 Å². The van der Waals surface area contributed by atoms with Crippen LogP contribution >= 0.6 is 0 Å². The molecule has 2 N–H and O–H groups in total. The summed E-state index contributed by atoms with van der Waals surface area (Å²) in [6.45, 7) is 0.